The molecule has 2 saturated carbocycles. The first kappa shape index (κ1) is 44.5. The topological polar surface area (TPSA) is 114 Å². The summed E-state index contributed by atoms with van der Waals surface area (Å²) < 4.78 is 50.5. The number of likely N-dealkylation sites (N-methyl/N-ethyl adjacent to an activating group) is 1. The minimum absolute atomic E-state index is 0.0179. The number of methoxy groups -OCH3 is 3. The summed E-state index contributed by atoms with van der Waals surface area (Å²) in [6, 6.07) is 8.78. The summed E-state index contributed by atoms with van der Waals surface area (Å²) in [5.74, 6) is -0.143. The van der Waals surface area contributed by atoms with E-state index in [2.05, 4.69) is 56.0 Å². The molecule has 0 radical (unpaired) electrons. The van der Waals surface area contributed by atoms with Crippen molar-refractivity contribution in [1.29, 1.82) is 0 Å². The van der Waals surface area contributed by atoms with E-state index in [-0.39, 0.29) is 103 Å². The quantitative estimate of drug-likeness (QED) is 0.181. The lowest BCUT2D eigenvalue weighted by atomic mass is 9.66. The van der Waals surface area contributed by atoms with Gasteiger partial charge in [-0.1, -0.05) is 31.5 Å². The molecule has 0 bridgehead atoms. The normalized spacial score (nSPS) is 44.5. The molecule has 1 aromatic carbocycles. The highest BCUT2D eigenvalue weighted by Crippen LogP contribution is 2.65. The zero-order chi connectivity index (χ0) is 42.6. The van der Waals surface area contributed by atoms with E-state index in [1.165, 1.54) is 0 Å². The maximum atomic E-state index is 15.2. The van der Waals surface area contributed by atoms with Gasteiger partial charge in [0, 0.05) is 49.9 Å². The maximum Gasteiger partial charge on any atom is 0.306 e. The number of ketones is 1. The van der Waals surface area contributed by atoms with Crippen LogP contribution in [0.15, 0.2) is 35.9 Å². The number of hydrogen-bond acceptors (Lipinski definition) is 12. The van der Waals surface area contributed by atoms with E-state index in [9.17, 15) is 4.79 Å². The summed E-state index contributed by atoms with van der Waals surface area (Å²) in [4.78, 5) is 33.9. The number of Topliss-reactive ketones (excluding diaryl/α,β-unsaturated/α-hetero) is 1. The highest BCUT2D eigenvalue weighted by atomic mass is 35.5. The van der Waals surface area contributed by atoms with E-state index in [0.29, 0.717) is 23.4 Å². The molecular weight excluding hydrogens is 788 g/mol. The molecule has 0 amide bonds. The van der Waals surface area contributed by atoms with Crippen LogP contribution in [0.4, 0.5) is 5.69 Å². The average Bonchev–Trinajstić information content (AvgIpc) is 3.62. The monoisotopic (exact) mass is 856 g/mol. The van der Waals surface area contributed by atoms with E-state index >= 15 is 4.79 Å². The fourth-order valence-electron chi connectivity index (χ4n) is 12.6. The van der Waals surface area contributed by atoms with Gasteiger partial charge < -0.3 is 47.7 Å². The second kappa shape index (κ2) is 18.5. The number of esters is 1. The second-order valence-electron chi connectivity index (χ2n) is 19.0. The molecule has 12 nitrogen and oxygen atoms in total. The minimum Gasteiger partial charge on any atom is -0.462 e. The number of allylic oxidation sites excluding steroid dienone is 2. The van der Waals surface area contributed by atoms with Crippen molar-refractivity contribution in [1.82, 2.24) is 4.90 Å². The Morgan fingerprint density at radius 2 is 1.55 bits per heavy atom. The van der Waals surface area contributed by atoms with Gasteiger partial charge in [0.05, 0.1) is 42.9 Å². The summed E-state index contributed by atoms with van der Waals surface area (Å²) in [6.07, 6.45) is 5.84. The van der Waals surface area contributed by atoms with Gasteiger partial charge >= 0.3 is 5.97 Å². The summed E-state index contributed by atoms with van der Waals surface area (Å²) in [5, 5.41) is 0.687. The molecule has 7 aliphatic rings. The zero-order valence-corrected chi connectivity index (χ0v) is 37.8. The molecule has 0 spiro atoms. The Labute approximate surface area is 362 Å². The number of benzene rings is 1. The predicted molar refractivity (Wildman–Crippen MR) is 227 cm³/mol. The molecule has 334 valence electrons. The molecule has 8 rings (SSSR count). The number of halogens is 1. The van der Waals surface area contributed by atoms with Gasteiger partial charge in [-0.2, -0.15) is 0 Å². The molecule has 6 fully saturated rings. The van der Waals surface area contributed by atoms with Crippen LogP contribution in [0.3, 0.4) is 0 Å². The summed E-state index contributed by atoms with van der Waals surface area (Å²) in [5.41, 5.74) is 1.88. The van der Waals surface area contributed by atoms with Crippen molar-refractivity contribution in [2.75, 3.05) is 40.3 Å². The van der Waals surface area contributed by atoms with Gasteiger partial charge in [-0.05, 0) is 133 Å². The van der Waals surface area contributed by atoms with Crippen molar-refractivity contribution in [3.63, 3.8) is 0 Å². The smallest absolute Gasteiger partial charge is 0.306 e. The molecule has 3 aliphatic carbocycles. The first-order valence-electron chi connectivity index (χ1n) is 22.7. The second-order valence-corrected chi connectivity index (χ2v) is 19.4. The molecule has 1 aromatic rings. The SMILES string of the molecule is CC[C@H]1CCC[C@H](O[C@H]2CC[C@H](N(C)C)C(C)O2)[C@@H](C)C(=O)C2=C[C@H]3[C@@H]4C[C@H](O[C@@H]5OC(C)[C@H](OC)C(OC)[C@@H]5OC)C[C@H]4[C@H]4[C@@H]([C@H]3[C@@H]2CC(=O)O1)N4c1ccc(Cl)cc1. The number of carbonyl (C=O) groups is 2. The predicted octanol–water partition coefficient (Wildman–Crippen LogP) is 6.84. The summed E-state index contributed by atoms with van der Waals surface area (Å²) >= 11 is 6.41. The van der Waals surface area contributed by atoms with Crippen LogP contribution in [0.25, 0.3) is 0 Å². The standard InChI is InChI=1S/C47H69ClN2O10/c1-10-29-12-11-13-37(60-39-19-18-36(49(5)6)25(3)56-39)24(2)43(52)35-22-32-31-20-30(59-47-46(55-9)45(54-8)44(53-7)26(4)57-47)21-34(31)41-42(40(32)33(35)23-38(51)58-29)50(41)28-16-14-27(48)15-17-28/h14-17,22,24-26,29-34,36-37,39-42,44-47H,10-13,18-21,23H2,1-9H3/t24-,25?,26?,29+,30+,31+,32+,33-,34-,36+,37+,39+,40-,41+,42-,44+,45?,46+,47+,50?/m1/s1. The third-order valence-electron chi connectivity index (χ3n) is 15.5. The number of rotatable bonds is 10. The van der Waals surface area contributed by atoms with Crippen molar-refractivity contribution in [3.05, 3.63) is 40.9 Å². The van der Waals surface area contributed by atoms with Gasteiger partial charge in [-0.15, -0.1) is 0 Å². The molecular formula is C47H69ClN2O10. The number of cyclic esters (lactones) is 1. The lowest BCUT2D eigenvalue weighted by Crippen LogP contribution is -2.59. The van der Waals surface area contributed by atoms with Crippen LogP contribution in [0, 0.1) is 35.5 Å². The largest absolute Gasteiger partial charge is 0.462 e. The van der Waals surface area contributed by atoms with Crippen molar-refractivity contribution in [3.8, 4) is 0 Å². The third kappa shape index (κ3) is 8.48. The van der Waals surface area contributed by atoms with E-state index < -0.39 is 18.3 Å². The van der Waals surface area contributed by atoms with Crippen LogP contribution >= 0.6 is 11.6 Å². The molecule has 4 saturated heterocycles. The van der Waals surface area contributed by atoms with Gasteiger partial charge in [-0.25, -0.2) is 0 Å². The molecule has 13 heteroatoms. The molecule has 4 heterocycles. The van der Waals surface area contributed by atoms with Crippen molar-refractivity contribution < 1.29 is 47.5 Å². The Hall–Kier alpha value is -2.13. The van der Waals surface area contributed by atoms with Gasteiger partial charge in [0.1, 0.15) is 24.4 Å². The zero-order valence-electron chi connectivity index (χ0n) is 37.1. The molecule has 0 aromatic heterocycles. The highest BCUT2D eigenvalue weighted by Gasteiger charge is 2.69. The number of carbonyl (C=O) groups excluding carboxylic acids is 2. The average molecular weight is 858 g/mol. The number of ether oxygens (including phenoxy) is 8. The molecule has 60 heavy (non-hydrogen) atoms. The van der Waals surface area contributed by atoms with Crippen LogP contribution in [0.2, 0.25) is 5.02 Å². The molecule has 19 atom stereocenters. The number of hydrogen-bond donors (Lipinski definition) is 0. The third-order valence-corrected chi connectivity index (χ3v) is 15.8. The Morgan fingerprint density at radius 1 is 0.833 bits per heavy atom. The number of fused-ring (bicyclic) bond motifs is 8. The summed E-state index contributed by atoms with van der Waals surface area (Å²) in [7, 11) is 9.18. The highest BCUT2D eigenvalue weighted by molar-refractivity contribution is 6.30. The Morgan fingerprint density at radius 3 is 2.22 bits per heavy atom. The van der Waals surface area contributed by atoms with E-state index in [1.54, 1.807) is 21.3 Å². The molecule has 0 N–H and O–H groups in total. The Bertz CT molecular complexity index is 1700. The van der Waals surface area contributed by atoms with Crippen LogP contribution in [-0.4, -0.2) is 132 Å². The van der Waals surface area contributed by atoms with Crippen LogP contribution < -0.4 is 4.90 Å². The van der Waals surface area contributed by atoms with Crippen LogP contribution in [0.1, 0.15) is 85.5 Å². The van der Waals surface area contributed by atoms with Crippen LogP contribution in [0.5, 0.6) is 0 Å². The Balaban J connectivity index is 1.10. The van der Waals surface area contributed by atoms with Crippen molar-refractivity contribution in [2.45, 2.75) is 165 Å². The van der Waals surface area contributed by atoms with E-state index in [4.69, 9.17) is 49.5 Å². The van der Waals surface area contributed by atoms with Crippen molar-refractivity contribution >= 4 is 29.0 Å². The first-order chi connectivity index (χ1) is 28.9. The summed E-state index contributed by atoms with van der Waals surface area (Å²) in [6.45, 7) is 8.21. The van der Waals surface area contributed by atoms with E-state index in [1.807, 2.05) is 26.0 Å². The maximum absolute atomic E-state index is 15.2. The number of anilines is 1. The fraction of sp³-hybridized carbons (Fsp3) is 0.787. The van der Waals surface area contributed by atoms with Gasteiger partial charge in [0.2, 0.25) is 0 Å². The number of nitrogens with zero attached hydrogens (tertiary/aromatic N) is 2. The Kier molecular flexibility index (Phi) is 13.7. The van der Waals surface area contributed by atoms with Gasteiger partial charge in [0.15, 0.2) is 18.4 Å². The van der Waals surface area contributed by atoms with Gasteiger partial charge in [-0.3, -0.25) is 9.59 Å². The molecule has 3 unspecified atom stereocenters. The first-order valence-corrected chi connectivity index (χ1v) is 23.1. The minimum atomic E-state index is -0.632. The lowest BCUT2D eigenvalue weighted by molar-refractivity contribution is -0.314. The lowest BCUT2D eigenvalue weighted by Gasteiger charge is -2.44. The molecule has 4 aliphatic heterocycles. The van der Waals surface area contributed by atoms with E-state index in [0.717, 1.165) is 56.2 Å². The fourth-order valence-corrected chi connectivity index (χ4v) is 12.7. The van der Waals surface area contributed by atoms with Crippen molar-refractivity contribution in [2.24, 2.45) is 35.5 Å². The van der Waals surface area contributed by atoms with Gasteiger partial charge in [0.25, 0.3) is 0 Å². The van der Waals surface area contributed by atoms with Crippen LogP contribution in [-0.2, 0) is 47.5 Å².